The van der Waals surface area contributed by atoms with Gasteiger partial charge in [-0.25, -0.2) is 0 Å². The zero-order chi connectivity index (χ0) is 37.4. The highest BCUT2D eigenvalue weighted by atomic mass is 16.4. The number of carbonyl (C=O) groups excluding carboxylic acids is 6. The average molecular weight is 704 g/mol. The van der Waals surface area contributed by atoms with E-state index in [9.17, 15) is 38.7 Å². The van der Waals surface area contributed by atoms with Crippen LogP contribution >= 0.6 is 0 Å². The molecule has 1 aliphatic rings. The molecule has 3 unspecified atom stereocenters. The summed E-state index contributed by atoms with van der Waals surface area (Å²) in [5, 5.41) is 30.2. The molecule has 0 bridgehead atoms. The van der Waals surface area contributed by atoms with Crippen molar-refractivity contribution in [1.29, 1.82) is 5.41 Å². The molecule has 2 heterocycles. The van der Waals surface area contributed by atoms with Crippen LogP contribution in [0.4, 0.5) is 0 Å². The molecule has 0 saturated carbocycles. The number of carboxylic acids is 1. The number of aromatic nitrogens is 1. The van der Waals surface area contributed by atoms with Gasteiger partial charge >= 0.3 is 5.97 Å². The number of amidine groups is 1. The molecule has 1 fully saturated rings. The van der Waals surface area contributed by atoms with Crippen molar-refractivity contribution in [2.24, 2.45) is 11.7 Å². The van der Waals surface area contributed by atoms with Gasteiger partial charge in [0, 0.05) is 48.2 Å². The van der Waals surface area contributed by atoms with Crippen molar-refractivity contribution in [3.05, 3.63) is 71.4 Å². The largest absolute Gasteiger partial charge is 0.481 e. The summed E-state index contributed by atoms with van der Waals surface area (Å²) in [6.45, 7) is 2.23. The van der Waals surface area contributed by atoms with E-state index in [1.54, 1.807) is 26.1 Å². The van der Waals surface area contributed by atoms with E-state index >= 15 is 0 Å². The normalized spacial score (nSPS) is 20.8. The molecule has 1 aromatic heterocycles. The maximum atomic E-state index is 14.2. The number of hydrogen-bond acceptors (Lipinski definition) is 8. The van der Waals surface area contributed by atoms with E-state index in [1.807, 2.05) is 18.2 Å². The maximum absolute atomic E-state index is 14.2. The van der Waals surface area contributed by atoms with Crippen molar-refractivity contribution in [3.63, 3.8) is 0 Å². The molecule has 270 valence electrons. The van der Waals surface area contributed by atoms with Gasteiger partial charge in [-0.2, -0.15) is 0 Å². The lowest BCUT2D eigenvalue weighted by Crippen LogP contribution is -2.60. The van der Waals surface area contributed by atoms with Crippen LogP contribution in [0.5, 0.6) is 0 Å². The standard InChI is InChI=1S/C34H41N9O8/c1-17(2)28-33(50)42-25(15-38-30(47)19-10-8-18(9-11-19)29(35)36)31(48)39-16-26(44)40-23(13-27(45)46)32(49)41-24(34(51)43(28)3)12-20-14-37-22-7-5-4-6-21(20)22/h4-11,14,17,23-25,28,37H,12-13,15-16H2,1-3H3,(H3,35,36)(H,38,47)(H,39,48)(H,40,44)(H,41,49)(H,42,50)(H,45,46)/t23?,24-,25?,28?/m1/s1. The molecule has 17 heteroatoms. The van der Waals surface area contributed by atoms with Crippen LogP contribution in [0.1, 0.15) is 41.8 Å². The van der Waals surface area contributed by atoms with E-state index in [1.165, 1.54) is 31.3 Å². The van der Waals surface area contributed by atoms with Crippen molar-refractivity contribution in [2.45, 2.75) is 50.9 Å². The molecule has 6 amide bonds. The number of H-pyrrole nitrogens is 1. The van der Waals surface area contributed by atoms with E-state index < -0.39 is 91.0 Å². The fraction of sp³-hybridized carbons (Fsp3) is 0.353. The first-order chi connectivity index (χ1) is 24.2. The van der Waals surface area contributed by atoms with Crippen LogP contribution < -0.4 is 32.3 Å². The number of carboxylic acid groups (broad SMARTS) is 1. The smallest absolute Gasteiger partial charge is 0.305 e. The number of aliphatic carboxylic acids is 1. The predicted molar refractivity (Wildman–Crippen MR) is 184 cm³/mol. The molecule has 17 nitrogen and oxygen atoms in total. The molecule has 3 aromatic rings. The minimum Gasteiger partial charge on any atom is -0.481 e. The predicted octanol–water partition coefficient (Wildman–Crippen LogP) is -1.03. The Hall–Kier alpha value is -6.26. The number of fused-ring (bicyclic) bond motifs is 1. The maximum Gasteiger partial charge on any atom is 0.305 e. The molecule has 0 aliphatic carbocycles. The highest BCUT2D eigenvalue weighted by Crippen LogP contribution is 2.21. The molecule has 0 radical (unpaired) electrons. The quantitative estimate of drug-likeness (QED) is 0.0972. The van der Waals surface area contributed by atoms with Crippen molar-refractivity contribution in [3.8, 4) is 0 Å². The lowest BCUT2D eigenvalue weighted by Gasteiger charge is -2.34. The molecule has 1 aliphatic heterocycles. The van der Waals surface area contributed by atoms with Gasteiger partial charge in [0.15, 0.2) is 0 Å². The van der Waals surface area contributed by atoms with Crippen LogP contribution in [0.3, 0.4) is 0 Å². The van der Waals surface area contributed by atoms with Crippen molar-refractivity contribution >= 4 is 58.2 Å². The first-order valence-electron chi connectivity index (χ1n) is 16.1. The summed E-state index contributed by atoms with van der Waals surface area (Å²) in [7, 11) is 1.37. The molecular weight excluding hydrogens is 662 g/mol. The molecule has 4 rings (SSSR count). The summed E-state index contributed by atoms with van der Waals surface area (Å²) >= 11 is 0. The van der Waals surface area contributed by atoms with Gasteiger partial charge in [-0.3, -0.25) is 39.0 Å². The Labute approximate surface area is 292 Å². The number of likely N-dealkylation sites (N-methyl/N-ethyl adjacent to an activating group) is 1. The van der Waals surface area contributed by atoms with Crippen LogP contribution in [0, 0.1) is 11.3 Å². The summed E-state index contributed by atoms with van der Waals surface area (Å²) in [5.74, 6) is -6.93. The zero-order valence-electron chi connectivity index (χ0n) is 28.2. The second-order valence-corrected chi connectivity index (χ2v) is 12.5. The summed E-state index contributed by atoms with van der Waals surface area (Å²) in [6, 6.07) is 7.54. The number of aromatic amines is 1. The lowest BCUT2D eigenvalue weighted by atomic mass is 9.98. The van der Waals surface area contributed by atoms with E-state index in [0.29, 0.717) is 11.1 Å². The second-order valence-electron chi connectivity index (χ2n) is 12.5. The third kappa shape index (κ3) is 9.46. The summed E-state index contributed by atoms with van der Waals surface area (Å²) < 4.78 is 0. The number of hydrogen-bond donors (Lipinski definition) is 9. The molecule has 10 N–H and O–H groups in total. The zero-order valence-corrected chi connectivity index (χ0v) is 28.2. The van der Waals surface area contributed by atoms with Crippen LogP contribution in [0.25, 0.3) is 10.9 Å². The Bertz CT molecular complexity index is 1840. The van der Waals surface area contributed by atoms with Crippen LogP contribution in [-0.2, 0) is 35.2 Å². The van der Waals surface area contributed by atoms with Gasteiger partial charge in [-0.1, -0.05) is 44.2 Å². The Morgan fingerprint density at radius 1 is 0.922 bits per heavy atom. The van der Waals surface area contributed by atoms with Crippen LogP contribution in [-0.4, -0.2) is 107 Å². The Morgan fingerprint density at radius 3 is 2.22 bits per heavy atom. The monoisotopic (exact) mass is 703 g/mol. The van der Waals surface area contributed by atoms with Crippen LogP contribution in [0.15, 0.2) is 54.7 Å². The first-order valence-corrected chi connectivity index (χ1v) is 16.1. The van der Waals surface area contributed by atoms with Gasteiger partial charge < -0.3 is 47.3 Å². The van der Waals surface area contributed by atoms with Gasteiger partial charge in [-0.15, -0.1) is 0 Å². The summed E-state index contributed by atoms with van der Waals surface area (Å²) in [6.07, 6.45) is 0.795. The van der Waals surface area contributed by atoms with Crippen LogP contribution in [0.2, 0.25) is 0 Å². The van der Waals surface area contributed by atoms with E-state index in [-0.39, 0.29) is 17.8 Å². The fourth-order valence-electron chi connectivity index (χ4n) is 5.79. The van der Waals surface area contributed by atoms with Gasteiger partial charge in [-0.05, 0) is 29.7 Å². The number of benzene rings is 2. The average Bonchev–Trinajstić information content (AvgIpc) is 3.49. The third-order valence-electron chi connectivity index (χ3n) is 8.39. The molecule has 2 aromatic carbocycles. The molecule has 1 saturated heterocycles. The Morgan fingerprint density at radius 2 is 1.57 bits per heavy atom. The number of amides is 6. The molecule has 0 spiro atoms. The van der Waals surface area contributed by atoms with E-state index in [0.717, 1.165) is 15.8 Å². The number of carbonyl (C=O) groups is 7. The van der Waals surface area contributed by atoms with Gasteiger partial charge in [0.05, 0.1) is 13.0 Å². The molecule has 51 heavy (non-hydrogen) atoms. The molecular formula is C34H41N9O8. The number of nitrogens with one attached hydrogen (secondary N) is 7. The van der Waals surface area contributed by atoms with Crippen molar-refractivity contribution in [1.82, 2.24) is 36.5 Å². The van der Waals surface area contributed by atoms with Gasteiger partial charge in [0.2, 0.25) is 29.5 Å². The first kappa shape index (κ1) is 37.6. The van der Waals surface area contributed by atoms with Gasteiger partial charge in [0.1, 0.15) is 30.0 Å². The molecule has 4 atom stereocenters. The third-order valence-corrected chi connectivity index (χ3v) is 8.39. The number of nitrogen functional groups attached to an aromatic ring is 1. The number of rotatable bonds is 9. The van der Waals surface area contributed by atoms with Crippen molar-refractivity contribution < 1.29 is 38.7 Å². The van der Waals surface area contributed by atoms with E-state index in [4.69, 9.17) is 11.1 Å². The summed E-state index contributed by atoms with van der Waals surface area (Å²) in [5.41, 5.74) is 7.47. The highest BCUT2D eigenvalue weighted by molar-refractivity contribution is 6.00. The van der Waals surface area contributed by atoms with Crippen molar-refractivity contribution in [2.75, 3.05) is 20.1 Å². The minimum absolute atomic E-state index is 0.0544. The Kier molecular flexibility index (Phi) is 12.1. The number of nitrogens with zero attached hydrogens (tertiary/aromatic N) is 1. The van der Waals surface area contributed by atoms with E-state index in [2.05, 4.69) is 31.6 Å². The number of nitrogens with two attached hydrogens (primary N) is 1. The highest BCUT2D eigenvalue weighted by Gasteiger charge is 2.38. The minimum atomic E-state index is -1.62. The number of para-hydroxylation sites is 1. The van der Waals surface area contributed by atoms with Gasteiger partial charge in [0.25, 0.3) is 5.91 Å². The SMILES string of the molecule is CC(C)C1C(=O)NC(CNC(=O)c2ccc(C(=N)N)cc2)C(=O)NCC(=O)NC(CC(=O)O)C(=O)N[C@H](Cc2c[nH]c3ccccc23)C(=O)N1C. The lowest BCUT2D eigenvalue weighted by molar-refractivity contribution is -0.144. The Balaban J connectivity index is 1.67. The fourth-order valence-corrected chi connectivity index (χ4v) is 5.79. The topological polar surface area (TPSA) is 269 Å². The second kappa shape index (κ2) is 16.4. The summed E-state index contributed by atoms with van der Waals surface area (Å²) in [4.78, 5) is 96.7.